The molecule has 1 fully saturated rings. The molecule has 4 rings (SSSR count). The number of anilines is 1. The van der Waals surface area contributed by atoms with E-state index in [2.05, 4.69) is 14.9 Å². The molecule has 1 aromatic carbocycles. The molecule has 0 N–H and O–H groups in total. The van der Waals surface area contributed by atoms with Gasteiger partial charge in [0.05, 0.1) is 11.7 Å². The van der Waals surface area contributed by atoms with E-state index in [1.807, 2.05) is 44.4 Å². The zero-order chi connectivity index (χ0) is 22.0. The highest BCUT2D eigenvalue weighted by atomic mass is 19.2. The minimum Gasteiger partial charge on any atom is -0.347 e. The topological polar surface area (TPSA) is 45.2 Å². The van der Waals surface area contributed by atoms with Crippen LogP contribution in [0.5, 0.6) is 0 Å². The van der Waals surface area contributed by atoms with Crippen molar-refractivity contribution in [1.29, 1.82) is 0 Å². The summed E-state index contributed by atoms with van der Waals surface area (Å²) >= 11 is 0. The van der Waals surface area contributed by atoms with Gasteiger partial charge in [0, 0.05) is 44.8 Å². The Labute approximate surface area is 181 Å². The van der Waals surface area contributed by atoms with Crippen LogP contribution in [0.25, 0.3) is 11.1 Å². The number of hydrogen-bond acceptors (Lipinski definition) is 5. The van der Waals surface area contributed by atoms with E-state index in [4.69, 9.17) is 4.98 Å². The predicted octanol–water partition coefficient (Wildman–Crippen LogP) is 4.92. The molecule has 162 valence electrons. The Bertz CT molecular complexity index is 1070. The molecule has 0 spiro atoms. The molecule has 0 amide bonds. The average molecular weight is 424 g/mol. The average Bonchev–Trinajstić information content (AvgIpc) is 2.77. The van der Waals surface area contributed by atoms with Gasteiger partial charge in [-0.2, -0.15) is 0 Å². The van der Waals surface area contributed by atoms with Crippen molar-refractivity contribution in [3.05, 3.63) is 71.3 Å². The molecule has 1 aliphatic heterocycles. The second-order valence-electron chi connectivity index (χ2n) is 8.28. The van der Waals surface area contributed by atoms with Crippen molar-refractivity contribution < 1.29 is 8.78 Å². The van der Waals surface area contributed by atoms with E-state index in [1.165, 1.54) is 12.1 Å². The summed E-state index contributed by atoms with van der Waals surface area (Å²) in [4.78, 5) is 18.0. The molecular weight excluding hydrogens is 396 g/mol. The first kappa shape index (κ1) is 21.3. The quantitative estimate of drug-likeness (QED) is 0.583. The number of pyridine rings is 1. The van der Waals surface area contributed by atoms with Gasteiger partial charge in [0.1, 0.15) is 0 Å². The van der Waals surface area contributed by atoms with Crippen molar-refractivity contribution in [2.24, 2.45) is 0 Å². The summed E-state index contributed by atoms with van der Waals surface area (Å²) in [6, 6.07) is 6.20. The number of rotatable bonds is 5. The molecule has 1 aliphatic rings. The maximum absolute atomic E-state index is 13.8. The molecule has 7 heteroatoms. The first-order chi connectivity index (χ1) is 14.9. The molecule has 5 nitrogen and oxygen atoms in total. The monoisotopic (exact) mass is 423 g/mol. The van der Waals surface area contributed by atoms with Crippen LogP contribution in [0.2, 0.25) is 0 Å². The van der Waals surface area contributed by atoms with Crippen LogP contribution in [0, 0.1) is 18.6 Å². The summed E-state index contributed by atoms with van der Waals surface area (Å²) in [5, 5.41) is 0. The third-order valence-electron chi connectivity index (χ3n) is 5.81. The lowest BCUT2D eigenvalue weighted by molar-refractivity contribution is 0.137. The Kier molecular flexibility index (Phi) is 6.23. The van der Waals surface area contributed by atoms with Crippen molar-refractivity contribution in [3.8, 4) is 11.1 Å². The summed E-state index contributed by atoms with van der Waals surface area (Å²) in [6.07, 6.45) is 8.63. The normalized spacial score (nSPS) is 17.0. The fourth-order valence-electron chi connectivity index (χ4n) is 4.20. The Morgan fingerprint density at radius 3 is 2.65 bits per heavy atom. The molecule has 31 heavy (non-hydrogen) atoms. The molecule has 0 radical (unpaired) electrons. The van der Waals surface area contributed by atoms with Crippen LogP contribution in [0.4, 0.5) is 14.7 Å². The zero-order valence-corrected chi connectivity index (χ0v) is 18.1. The van der Waals surface area contributed by atoms with Crippen molar-refractivity contribution in [2.45, 2.75) is 38.8 Å². The number of benzene rings is 1. The molecule has 3 aromatic rings. The number of likely N-dealkylation sites (tertiary alicyclic amines) is 1. The van der Waals surface area contributed by atoms with Gasteiger partial charge < -0.3 is 4.90 Å². The van der Waals surface area contributed by atoms with Crippen LogP contribution < -0.4 is 4.90 Å². The fraction of sp³-hybridized carbons (Fsp3) is 0.375. The van der Waals surface area contributed by atoms with Gasteiger partial charge in [-0.15, -0.1) is 0 Å². The van der Waals surface area contributed by atoms with Crippen LogP contribution in [-0.4, -0.2) is 40.5 Å². The molecule has 0 unspecified atom stereocenters. The van der Waals surface area contributed by atoms with Crippen molar-refractivity contribution in [1.82, 2.24) is 19.9 Å². The summed E-state index contributed by atoms with van der Waals surface area (Å²) in [6.45, 7) is 3.45. The van der Waals surface area contributed by atoms with Gasteiger partial charge in [-0.1, -0.05) is 12.5 Å². The summed E-state index contributed by atoms with van der Waals surface area (Å²) in [5.74, 6) is -0.972. The number of nitrogens with zero attached hydrogens (tertiary/aromatic N) is 5. The molecule has 0 saturated carbocycles. The van der Waals surface area contributed by atoms with E-state index >= 15 is 0 Å². The van der Waals surface area contributed by atoms with Gasteiger partial charge in [-0.25, -0.2) is 18.7 Å². The third-order valence-corrected chi connectivity index (χ3v) is 5.81. The zero-order valence-electron chi connectivity index (χ0n) is 18.1. The second-order valence-corrected chi connectivity index (χ2v) is 8.28. The van der Waals surface area contributed by atoms with E-state index in [-0.39, 0.29) is 6.04 Å². The highest BCUT2D eigenvalue weighted by Gasteiger charge is 2.29. The highest BCUT2D eigenvalue weighted by molar-refractivity contribution is 5.69. The van der Waals surface area contributed by atoms with Crippen LogP contribution in [0.3, 0.4) is 0 Å². The number of aromatic nitrogens is 3. The maximum atomic E-state index is 13.8. The SMILES string of the molecule is Cc1cnccc1-c1cnc(N(C)C)nc1[C@@H]1CCCCN1Cc1ccc(F)c(F)c1. The van der Waals surface area contributed by atoms with E-state index in [0.29, 0.717) is 12.5 Å². The minimum absolute atomic E-state index is 0.0612. The van der Waals surface area contributed by atoms with Gasteiger partial charge >= 0.3 is 0 Å². The fourth-order valence-corrected chi connectivity index (χ4v) is 4.20. The summed E-state index contributed by atoms with van der Waals surface area (Å²) < 4.78 is 27.2. The molecule has 0 bridgehead atoms. The second kappa shape index (κ2) is 9.06. The summed E-state index contributed by atoms with van der Waals surface area (Å²) in [7, 11) is 3.85. The molecule has 1 saturated heterocycles. The lowest BCUT2D eigenvalue weighted by atomic mass is 9.92. The third kappa shape index (κ3) is 4.56. The minimum atomic E-state index is -0.819. The number of hydrogen-bond donors (Lipinski definition) is 0. The predicted molar refractivity (Wildman–Crippen MR) is 118 cm³/mol. The van der Waals surface area contributed by atoms with Crippen molar-refractivity contribution in [2.75, 3.05) is 25.5 Å². The maximum Gasteiger partial charge on any atom is 0.225 e. The lowest BCUT2D eigenvalue weighted by Gasteiger charge is -2.36. The van der Waals surface area contributed by atoms with Crippen LogP contribution >= 0.6 is 0 Å². The van der Waals surface area contributed by atoms with Gasteiger partial charge in [-0.05, 0) is 61.2 Å². The van der Waals surface area contributed by atoms with Gasteiger partial charge in [0.2, 0.25) is 5.95 Å². The lowest BCUT2D eigenvalue weighted by Crippen LogP contribution is -2.34. The van der Waals surface area contributed by atoms with Crippen LogP contribution in [-0.2, 0) is 6.54 Å². The Balaban J connectivity index is 1.76. The number of aryl methyl sites for hydroxylation is 1. The first-order valence-corrected chi connectivity index (χ1v) is 10.6. The number of halogens is 2. The largest absolute Gasteiger partial charge is 0.347 e. The van der Waals surface area contributed by atoms with Crippen LogP contribution in [0.15, 0.2) is 42.9 Å². The van der Waals surface area contributed by atoms with E-state index in [9.17, 15) is 8.78 Å². The van der Waals surface area contributed by atoms with Gasteiger partial charge in [0.25, 0.3) is 0 Å². The molecule has 1 atom stereocenters. The molecular formula is C24H27F2N5. The van der Waals surface area contributed by atoms with Gasteiger partial charge in [-0.3, -0.25) is 9.88 Å². The summed E-state index contributed by atoms with van der Waals surface area (Å²) in [5.41, 5.74) is 4.85. The van der Waals surface area contributed by atoms with Crippen molar-refractivity contribution >= 4 is 5.95 Å². The van der Waals surface area contributed by atoms with E-state index < -0.39 is 11.6 Å². The molecule has 2 aromatic heterocycles. The smallest absolute Gasteiger partial charge is 0.225 e. The number of piperidine rings is 1. The Hall–Kier alpha value is -2.93. The first-order valence-electron chi connectivity index (χ1n) is 10.6. The van der Waals surface area contributed by atoms with E-state index in [1.54, 1.807) is 12.3 Å². The highest BCUT2D eigenvalue weighted by Crippen LogP contribution is 2.37. The van der Waals surface area contributed by atoms with Gasteiger partial charge in [0.15, 0.2) is 11.6 Å². The van der Waals surface area contributed by atoms with Crippen molar-refractivity contribution in [3.63, 3.8) is 0 Å². The van der Waals surface area contributed by atoms with E-state index in [0.717, 1.165) is 53.8 Å². The van der Waals surface area contributed by atoms with Crippen LogP contribution in [0.1, 0.15) is 42.1 Å². The molecule has 0 aliphatic carbocycles. The Morgan fingerprint density at radius 2 is 1.90 bits per heavy atom. The standard InChI is InChI=1S/C24H27F2N5/c1-16-13-27-10-9-18(16)19-14-28-24(30(2)3)29-23(19)22-6-4-5-11-31(22)15-17-7-8-20(25)21(26)12-17/h7-10,12-14,22H,4-6,11,15H2,1-3H3/t22-/m0/s1. The Morgan fingerprint density at radius 1 is 1.06 bits per heavy atom. The molecule has 3 heterocycles.